The van der Waals surface area contributed by atoms with Crippen LogP contribution in [0.15, 0.2) is 35.6 Å². The van der Waals surface area contributed by atoms with Crippen LogP contribution < -0.4 is 15.4 Å². The predicted molar refractivity (Wildman–Crippen MR) is 104 cm³/mol. The second kappa shape index (κ2) is 9.79. The molecule has 0 aliphatic carbocycles. The Hall–Kier alpha value is -2.57. The fourth-order valence-electron chi connectivity index (χ4n) is 2.44. The van der Waals surface area contributed by atoms with Crippen molar-refractivity contribution in [2.75, 3.05) is 13.7 Å². The third-order valence-corrected chi connectivity index (χ3v) is 3.99. The molecule has 2 N–H and O–H groups in total. The minimum Gasteiger partial charge on any atom is -0.493 e. The first-order valence-corrected chi connectivity index (χ1v) is 9.10. The standard InChI is InChI=1S/C19H30N6O/c1-6-25-13-22-24-18(25)11-21-19(20-5)23-15(4)16-7-9-17(10-8-16)26-12-14(2)3/h7-10,13-15H,6,11-12H2,1-5H3,(H2,20,21,23). The molecule has 0 fully saturated rings. The molecule has 0 spiro atoms. The number of hydrogen-bond acceptors (Lipinski definition) is 4. The van der Waals surface area contributed by atoms with E-state index in [1.54, 1.807) is 13.4 Å². The van der Waals surface area contributed by atoms with E-state index in [-0.39, 0.29) is 6.04 Å². The Kier molecular flexibility index (Phi) is 7.44. The summed E-state index contributed by atoms with van der Waals surface area (Å²) in [5.41, 5.74) is 1.17. The molecule has 0 saturated heterocycles. The van der Waals surface area contributed by atoms with E-state index in [0.717, 1.165) is 30.7 Å². The molecule has 2 aromatic rings. The zero-order chi connectivity index (χ0) is 18.9. The van der Waals surface area contributed by atoms with Crippen LogP contribution in [0.5, 0.6) is 5.75 Å². The summed E-state index contributed by atoms with van der Waals surface area (Å²) >= 11 is 0. The van der Waals surface area contributed by atoms with Gasteiger partial charge in [-0.3, -0.25) is 4.99 Å². The first-order chi connectivity index (χ1) is 12.5. The maximum absolute atomic E-state index is 5.73. The summed E-state index contributed by atoms with van der Waals surface area (Å²) in [4.78, 5) is 4.29. The van der Waals surface area contributed by atoms with Gasteiger partial charge in [0.05, 0.1) is 19.2 Å². The van der Waals surface area contributed by atoms with Gasteiger partial charge in [0.2, 0.25) is 0 Å². The molecule has 0 amide bonds. The van der Waals surface area contributed by atoms with Crippen LogP contribution in [-0.4, -0.2) is 34.4 Å². The van der Waals surface area contributed by atoms with E-state index in [4.69, 9.17) is 4.74 Å². The van der Waals surface area contributed by atoms with E-state index in [2.05, 4.69) is 65.7 Å². The van der Waals surface area contributed by atoms with Crippen molar-refractivity contribution in [2.45, 2.75) is 46.8 Å². The number of hydrogen-bond donors (Lipinski definition) is 2. The van der Waals surface area contributed by atoms with Crippen LogP contribution in [0.25, 0.3) is 0 Å². The first-order valence-electron chi connectivity index (χ1n) is 9.10. The molecule has 0 aliphatic heterocycles. The molecule has 0 bridgehead atoms. The van der Waals surface area contributed by atoms with E-state index in [0.29, 0.717) is 12.5 Å². The number of ether oxygens (including phenoxy) is 1. The molecule has 7 heteroatoms. The minimum absolute atomic E-state index is 0.115. The molecule has 1 aromatic heterocycles. The third kappa shape index (κ3) is 5.75. The number of aliphatic imine (C=N–C) groups is 1. The quantitative estimate of drug-likeness (QED) is 0.560. The highest BCUT2D eigenvalue weighted by molar-refractivity contribution is 5.80. The van der Waals surface area contributed by atoms with Gasteiger partial charge in [-0.2, -0.15) is 0 Å². The van der Waals surface area contributed by atoms with Gasteiger partial charge in [0.25, 0.3) is 0 Å². The van der Waals surface area contributed by atoms with Crippen molar-refractivity contribution < 1.29 is 4.74 Å². The smallest absolute Gasteiger partial charge is 0.191 e. The molecule has 7 nitrogen and oxygen atoms in total. The van der Waals surface area contributed by atoms with Crippen molar-refractivity contribution in [1.82, 2.24) is 25.4 Å². The predicted octanol–water partition coefficient (Wildman–Crippen LogP) is 2.76. The van der Waals surface area contributed by atoms with Crippen LogP contribution in [0.1, 0.15) is 45.1 Å². The van der Waals surface area contributed by atoms with Gasteiger partial charge in [0.15, 0.2) is 11.8 Å². The van der Waals surface area contributed by atoms with Gasteiger partial charge in [-0.1, -0.05) is 26.0 Å². The van der Waals surface area contributed by atoms with Crippen molar-refractivity contribution in [3.8, 4) is 5.75 Å². The van der Waals surface area contributed by atoms with E-state index in [9.17, 15) is 0 Å². The molecular weight excluding hydrogens is 328 g/mol. The van der Waals surface area contributed by atoms with Crippen molar-refractivity contribution in [3.05, 3.63) is 42.0 Å². The SMILES string of the molecule is CCn1cnnc1CNC(=NC)NC(C)c1ccc(OCC(C)C)cc1. The van der Waals surface area contributed by atoms with Crippen molar-refractivity contribution in [1.29, 1.82) is 0 Å². The van der Waals surface area contributed by atoms with Crippen molar-refractivity contribution >= 4 is 5.96 Å². The van der Waals surface area contributed by atoms with Crippen LogP contribution in [0.3, 0.4) is 0 Å². The van der Waals surface area contributed by atoms with E-state index in [1.807, 2.05) is 16.7 Å². The van der Waals surface area contributed by atoms with Gasteiger partial charge in [-0.25, -0.2) is 0 Å². The Labute approximate surface area is 155 Å². The maximum Gasteiger partial charge on any atom is 0.191 e. The lowest BCUT2D eigenvalue weighted by Crippen LogP contribution is -2.38. The van der Waals surface area contributed by atoms with Crippen molar-refractivity contribution in [3.63, 3.8) is 0 Å². The average Bonchev–Trinajstić information content (AvgIpc) is 3.11. The Morgan fingerprint density at radius 2 is 1.96 bits per heavy atom. The highest BCUT2D eigenvalue weighted by Crippen LogP contribution is 2.18. The molecule has 0 aliphatic rings. The number of aromatic nitrogens is 3. The van der Waals surface area contributed by atoms with Crippen molar-refractivity contribution in [2.24, 2.45) is 10.9 Å². The number of aryl methyl sites for hydroxylation is 1. The van der Waals surface area contributed by atoms with Gasteiger partial charge < -0.3 is 19.9 Å². The highest BCUT2D eigenvalue weighted by Gasteiger charge is 2.10. The molecule has 1 unspecified atom stereocenters. The molecule has 142 valence electrons. The number of rotatable bonds is 8. The average molecular weight is 358 g/mol. The summed E-state index contributed by atoms with van der Waals surface area (Å²) in [6.07, 6.45) is 1.73. The fourth-order valence-corrected chi connectivity index (χ4v) is 2.44. The zero-order valence-electron chi connectivity index (χ0n) is 16.4. The Bertz CT molecular complexity index is 692. The molecule has 0 radical (unpaired) electrons. The van der Waals surface area contributed by atoms with E-state index < -0.39 is 0 Å². The lowest BCUT2D eigenvalue weighted by molar-refractivity contribution is 0.271. The maximum atomic E-state index is 5.73. The normalized spacial score (nSPS) is 12.9. The Morgan fingerprint density at radius 1 is 1.23 bits per heavy atom. The third-order valence-electron chi connectivity index (χ3n) is 3.99. The largest absolute Gasteiger partial charge is 0.493 e. The Balaban J connectivity index is 1.89. The molecule has 1 aromatic carbocycles. The summed E-state index contributed by atoms with van der Waals surface area (Å²) in [5.74, 6) is 3.03. The summed E-state index contributed by atoms with van der Waals surface area (Å²) in [5, 5.41) is 14.7. The molecule has 0 saturated carbocycles. The lowest BCUT2D eigenvalue weighted by atomic mass is 10.1. The van der Waals surface area contributed by atoms with E-state index in [1.165, 1.54) is 5.56 Å². The lowest BCUT2D eigenvalue weighted by Gasteiger charge is -2.18. The first kappa shape index (κ1) is 19.8. The molecular formula is C19H30N6O. The summed E-state index contributed by atoms with van der Waals surface area (Å²) in [6, 6.07) is 8.29. The van der Waals surface area contributed by atoms with Gasteiger partial charge in [0.1, 0.15) is 12.1 Å². The molecule has 2 rings (SSSR count). The van der Waals surface area contributed by atoms with Crippen LogP contribution in [-0.2, 0) is 13.1 Å². The molecule has 1 atom stereocenters. The van der Waals surface area contributed by atoms with Crippen LogP contribution in [0, 0.1) is 5.92 Å². The van der Waals surface area contributed by atoms with E-state index >= 15 is 0 Å². The zero-order valence-corrected chi connectivity index (χ0v) is 16.4. The fraction of sp³-hybridized carbons (Fsp3) is 0.526. The van der Waals surface area contributed by atoms with Gasteiger partial charge >= 0.3 is 0 Å². The summed E-state index contributed by atoms with van der Waals surface area (Å²) < 4.78 is 7.73. The summed E-state index contributed by atoms with van der Waals surface area (Å²) in [7, 11) is 1.76. The number of nitrogens with one attached hydrogen (secondary N) is 2. The molecule has 26 heavy (non-hydrogen) atoms. The number of nitrogens with zero attached hydrogens (tertiary/aromatic N) is 4. The Morgan fingerprint density at radius 3 is 2.58 bits per heavy atom. The van der Waals surface area contributed by atoms with Gasteiger partial charge in [0, 0.05) is 13.6 Å². The number of guanidine groups is 1. The van der Waals surface area contributed by atoms with Crippen LogP contribution in [0.2, 0.25) is 0 Å². The van der Waals surface area contributed by atoms with Crippen LogP contribution >= 0.6 is 0 Å². The second-order valence-corrected chi connectivity index (χ2v) is 6.60. The topological polar surface area (TPSA) is 76.4 Å². The van der Waals surface area contributed by atoms with Gasteiger partial charge in [-0.05, 0) is 37.5 Å². The minimum atomic E-state index is 0.115. The molecule has 1 heterocycles. The van der Waals surface area contributed by atoms with Gasteiger partial charge in [-0.15, -0.1) is 10.2 Å². The highest BCUT2D eigenvalue weighted by atomic mass is 16.5. The van der Waals surface area contributed by atoms with Crippen LogP contribution in [0.4, 0.5) is 0 Å². The monoisotopic (exact) mass is 358 g/mol. The second-order valence-electron chi connectivity index (χ2n) is 6.60. The number of benzene rings is 1. The summed E-state index contributed by atoms with van der Waals surface area (Å²) in [6.45, 7) is 10.6.